The van der Waals surface area contributed by atoms with Gasteiger partial charge in [0, 0.05) is 24.1 Å². The molecule has 0 bridgehead atoms. The first-order valence-corrected chi connectivity index (χ1v) is 14.9. The van der Waals surface area contributed by atoms with E-state index in [-0.39, 0.29) is 22.2 Å². The molecule has 1 amide bonds. The lowest BCUT2D eigenvalue weighted by atomic mass is 10.1. The Hall–Kier alpha value is -4.33. The van der Waals surface area contributed by atoms with E-state index >= 15 is 0 Å². The van der Waals surface area contributed by atoms with Gasteiger partial charge in [-0.1, -0.05) is 42.5 Å². The number of hydrogen-bond acceptors (Lipinski definition) is 9. The number of aromatic nitrogens is 2. The molecular weight excluding hydrogens is 542 g/mol. The second-order valence-corrected chi connectivity index (χ2v) is 11.6. The van der Waals surface area contributed by atoms with E-state index in [9.17, 15) is 21.6 Å². The van der Waals surface area contributed by atoms with Gasteiger partial charge in [0.25, 0.3) is 5.91 Å². The van der Waals surface area contributed by atoms with Crippen molar-refractivity contribution in [3.05, 3.63) is 96.3 Å². The highest BCUT2D eigenvalue weighted by atomic mass is 32.2. The van der Waals surface area contributed by atoms with E-state index in [0.717, 1.165) is 11.8 Å². The van der Waals surface area contributed by atoms with Gasteiger partial charge in [0.05, 0.1) is 16.8 Å². The number of nitrogens with one attached hydrogen (secondary N) is 2. The lowest BCUT2D eigenvalue weighted by Crippen LogP contribution is -2.19. The molecule has 0 unspecified atom stereocenters. The average molecular weight is 568 g/mol. The van der Waals surface area contributed by atoms with E-state index in [1.807, 2.05) is 6.07 Å². The standard InChI is InChI=1S/C26H25N5O6S2/c1-38(33,34)22-13-9-19(10-14-22)23-17-29-25(24(31-23)26(32)30-20-5-3-2-4-6-20)28-16-15-18-7-11-21(12-8-18)37-39(27,35)36/h2-14,17H,15-16H2,1H3,(H,28,29)(H,30,32)(H2,27,35,36). The number of amides is 1. The molecule has 1 heterocycles. The van der Waals surface area contributed by atoms with Crippen molar-refractivity contribution in [1.29, 1.82) is 0 Å². The van der Waals surface area contributed by atoms with Crippen LogP contribution < -0.4 is 20.0 Å². The Morgan fingerprint density at radius 1 is 0.923 bits per heavy atom. The molecule has 4 N–H and O–H groups in total. The van der Waals surface area contributed by atoms with Crippen molar-refractivity contribution in [1.82, 2.24) is 9.97 Å². The Kier molecular flexibility index (Phi) is 8.24. The third kappa shape index (κ3) is 7.83. The largest absolute Gasteiger partial charge is 0.380 e. The average Bonchev–Trinajstić information content (AvgIpc) is 2.89. The topological polar surface area (TPSA) is 170 Å². The molecule has 0 fully saturated rings. The lowest BCUT2D eigenvalue weighted by molar-refractivity contribution is 0.102. The van der Waals surface area contributed by atoms with Crippen molar-refractivity contribution in [2.75, 3.05) is 23.4 Å². The van der Waals surface area contributed by atoms with Crippen LogP contribution in [0.1, 0.15) is 16.1 Å². The molecule has 4 aromatic rings. The molecular formula is C26H25N5O6S2. The highest BCUT2D eigenvalue weighted by Gasteiger charge is 2.18. The molecule has 3 aromatic carbocycles. The molecule has 0 atom stereocenters. The lowest BCUT2D eigenvalue weighted by Gasteiger charge is -2.13. The first-order chi connectivity index (χ1) is 18.5. The highest BCUT2D eigenvalue weighted by molar-refractivity contribution is 7.90. The zero-order chi connectivity index (χ0) is 28.0. The number of benzene rings is 3. The van der Waals surface area contributed by atoms with Crippen LogP contribution in [-0.2, 0) is 26.6 Å². The molecule has 0 aliphatic carbocycles. The van der Waals surface area contributed by atoms with Crippen LogP contribution in [-0.4, -0.2) is 45.5 Å². The van der Waals surface area contributed by atoms with Gasteiger partial charge in [-0.05, 0) is 48.4 Å². The van der Waals surface area contributed by atoms with Crippen LogP contribution in [0.5, 0.6) is 5.75 Å². The highest BCUT2D eigenvalue weighted by Crippen LogP contribution is 2.23. The maximum Gasteiger partial charge on any atom is 0.380 e. The van der Waals surface area contributed by atoms with Crippen molar-refractivity contribution in [2.45, 2.75) is 11.3 Å². The van der Waals surface area contributed by atoms with E-state index in [4.69, 9.17) is 5.14 Å². The Morgan fingerprint density at radius 3 is 2.21 bits per heavy atom. The third-order valence-electron chi connectivity index (χ3n) is 5.44. The quantitative estimate of drug-likeness (QED) is 0.261. The summed E-state index contributed by atoms with van der Waals surface area (Å²) in [6, 6.07) is 21.4. The van der Waals surface area contributed by atoms with Gasteiger partial charge >= 0.3 is 10.3 Å². The van der Waals surface area contributed by atoms with E-state index in [0.29, 0.717) is 29.9 Å². The molecule has 39 heavy (non-hydrogen) atoms. The van der Waals surface area contributed by atoms with Crippen molar-refractivity contribution in [3.63, 3.8) is 0 Å². The summed E-state index contributed by atoms with van der Waals surface area (Å²) in [4.78, 5) is 22.3. The van der Waals surface area contributed by atoms with Crippen LogP contribution in [0.3, 0.4) is 0 Å². The minimum atomic E-state index is -4.10. The van der Waals surface area contributed by atoms with Gasteiger partial charge in [0.1, 0.15) is 5.75 Å². The maximum atomic E-state index is 13.2. The zero-order valence-corrected chi connectivity index (χ0v) is 22.4. The summed E-state index contributed by atoms with van der Waals surface area (Å²) in [6.07, 6.45) is 3.14. The predicted molar refractivity (Wildman–Crippen MR) is 147 cm³/mol. The first kappa shape index (κ1) is 27.7. The zero-order valence-electron chi connectivity index (χ0n) is 20.7. The minimum Gasteiger partial charge on any atom is -0.371 e. The molecule has 11 nitrogen and oxygen atoms in total. The second-order valence-electron chi connectivity index (χ2n) is 8.47. The Labute approximate surface area is 226 Å². The Balaban J connectivity index is 1.55. The van der Waals surface area contributed by atoms with E-state index in [2.05, 4.69) is 24.8 Å². The summed E-state index contributed by atoms with van der Waals surface area (Å²) >= 11 is 0. The number of anilines is 2. The summed E-state index contributed by atoms with van der Waals surface area (Å²) < 4.78 is 50.3. The van der Waals surface area contributed by atoms with Crippen molar-refractivity contribution >= 4 is 37.6 Å². The molecule has 4 rings (SSSR count). The first-order valence-electron chi connectivity index (χ1n) is 11.6. The van der Waals surface area contributed by atoms with Gasteiger partial charge in [-0.25, -0.2) is 18.4 Å². The van der Waals surface area contributed by atoms with Gasteiger partial charge in [-0.15, -0.1) is 0 Å². The van der Waals surface area contributed by atoms with E-state index < -0.39 is 26.0 Å². The third-order valence-corrected chi connectivity index (χ3v) is 6.99. The number of para-hydroxylation sites is 1. The molecule has 0 aliphatic heterocycles. The number of hydrogen-bond donors (Lipinski definition) is 3. The Bertz CT molecular complexity index is 1680. The predicted octanol–water partition coefficient (Wildman–Crippen LogP) is 3.04. The van der Waals surface area contributed by atoms with Gasteiger partial charge in [-0.3, -0.25) is 4.79 Å². The van der Waals surface area contributed by atoms with Crippen molar-refractivity contribution in [3.8, 4) is 17.0 Å². The van der Waals surface area contributed by atoms with Crippen LogP contribution in [0.2, 0.25) is 0 Å². The van der Waals surface area contributed by atoms with Gasteiger partial charge in [-0.2, -0.15) is 13.6 Å². The summed E-state index contributed by atoms with van der Waals surface area (Å²) in [7, 11) is -7.46. The molecule has 0 radical (unpaired) electrons. The fourth-order valence-corrected chi connectivity index (χ4v) is 4.58. The van der Waals surface area contributed by atoms with Crippen LogP contribution in [0.4, 0.5) is 11.5 Å². The molecule has 202 valence electrons. The second kappa shape index (κ2) is 11.6. The van der Waals surface area contributed by atoms with Gasteiger partial charge in [0.15, 0.2) is 21.3 Å². The smallest absolute Gasteiger partial charge is 0.371 e. The van der Waals surface area contributed by atoms with E-state index in [1.54, 1.807) is 48.5 Å². The SMILES string of the molecule is CS(=O)(=O)c1ccc(-c2cnc(NCCc3ccc(OS(N)(=O)=O)cc3)c(C(=O)Nc3ccccc3)n2)cc1. The summed E-state index contributed by atoms with van der Waals surface area (Å²) in [5.41, 5.74) is 2.50. The molecule has 0 saturated heterocycles. The van der Waals surface area contributed by atoms with Gasteiger partial charge in [0.2, 0.25) is 0 Å². The molecule has 0 aliphatic rings. The number of nitrogens with two attached hydrogens (primary N) is 1. The van der Waals surface area contributed by atoms with Crippen LogP contribution in [0.25, 0.3) is 11.3 Å². The molecule has 13 heteroatoms. The molecule has 1 aromatic heterocycles. The summed E-state index contributed by atoms with van der Waals surface area (Å²) in [5.74, 6) is -0.121. The maximum absolute atomic E-state index is 13.2. The fourth-order valence-electron chi connectivity index (χ4n) is 3.57. The normalized spacial score (nSPS) is 11.5. The van der Waals surface area contributed by atoms with Crippen LogP contribution >= 0.6 is 0 Å². The molecule has 0 spiro atoms. The molecule has 0 saturated carbocycles. The van der Waals surface area contributed by atoms with Crippen molar-refractivity contribution < 1.29 is 25.8 Å². The van der Waals surface area contributed by atoms with Gasteiger partial charge < -0.3 is 14.8 Å². The van der Waals surface area contributed by atoms with Crippen molar-refractivity contribution in [2.24, 2.45) is 5.14 Å². The number of carbonyl (C=O) groups excluding carboxylic acids is 1. The number of carbonyl (C=O) groups is 1. The fraction of sp³-hybridized carbons (Fsp3) is 0.115. The summed E-state index contributed by atoms with van der Waals surface area (Å²) in [6.45, 7) is 0.387. The van der Waals surface area contributed by atoms with Crippen LogP contribution in [0.15, 0.2) is 90.0 Å². The van der Waals surface area contributed by atoms with Crippen LogP contribution in [0, 0.1) is 0 Å². The van der Waals surface area contributed by atoms with E-state index in [1.165, 1.54) is 30.5 Å². The number of rotatable bonds is 10. The monoisotopic (exact) mass is 567 g/mol. The Morgan fingerprint density at radius 2 is 1.59 bits per heavy atom. The minimum absolute atomic E-state index is 0.0560. The summed E-state index contributed by atoms with van der Waals surface area (Å²) in [5, 5.41) is 10.8. The number of nitrogens with zero attached hydrogens (tertiary/aromatic N) is 2. The number of sulfone groups is 1.